The van der Waals surface area contributed by atoms with Gasteiger partial charge in [0.25, 0.3) is 0 Å². The average molecular weight is 514 g/mol. The quantitative estimate of drug-likeness (QED) is 0.553. The zero-order chi connectivity index (χ0) is 24.0. The molecule has 7 nitrogen and oxygen atoms in total. The summed E-state index contributed by atoms with van der Waals surface area (Å²) in [6.07, 6.45) is 1.34. The van der Waals surface area contributed by atoms with Gasteiger partial charge in [0.15, 0.2) is 0 Å². The van der Waals surface area contributed by atoms with Gasteiger partial charge in [0.05, 0.1) is 25.2 Å². The van der Waals surface area contributed by atoms with Gasteiger partial charge in [-0.05, 0) is 35.7 Å². The predicted octanol–water partition coefficient (Wildman–Crippen LogP) is 3.69. The minimum absolute atomic E-state index is 0.254. The Morgan fingerprint density at radius 1 is 1.09 bits per heavy atom. The van der Waals surface area contributed by atoms with Gasteiger partial charge in [0.2, 0.25) is 15.9 Å². The summed E-state index contributed by atoms with van der Waals surface area (Å²) >= 11 is 12.1. The van der Waals surface area contributed by atoms with Gasteiger partial charge < -0.3 is 10.1 Å². The van der Waals surface area contributed by atoms with Crippen molar-refractivity contribution in [3.05, 3.63) is 63.6 Å². The van der Waals surface area contributed by atoms with E-state index in [1.807, 2.05) is 24.3 Å². The van der Waals surface area contributed by atoms with Crippen LogP contribution >= 0.6 is 23.2 Å². The van der Waals surface area contributed by atoms with E-state index in [0.717, 1.165) is 49.0 Å². The molecule has 0 aromatic heterocycles. The number of amides is 1. The van der Waals surface area contributed by atoms with Crippen molar-refractivity contribution in [2.45, 2.75) is 32.5 Å². The van der Waals surface area contributed by atoms with Crippen LogP contribution in [0.25, 0.3) is 0 Å². The van der Waals surface area contributed by atoms with Crippen molar-refractivity contribution in [2.75, 3.05) is 36.9 Å². The highest BCUT2D eigenvalue weighted by Gasteiger charge is 2.31. The molecule has 0 bridgehead atoms. The molecule has 2 aromatic carbocycles. The van der Waals surface area contributed by atoms with E-state index in [9.17, 15) is 13.2 Å². The van der Waals surface area contributed by atoms with E-state index in [0.29, 0.717) is 16.6 Å². The number of sulfonamides is 1. The van der Waals surface area contributed by atoms with Crippen molar-refractivity contribution >= 4 is 44.8 Å². The van der Waals surface area contributed by atoms with Crippen LogP contribution in [0.3, 0.4) is 0 Å². The fourth-order valence-electron chi connectivity index (χ4n) is 3.81. The summed E-state index contributed by atoms with van der Waals surface area (Å²) in [6, 6.07) is 11.6. The number of carbonyl (C=O) groups excluding carboxylic acids is 1. The fraction of sp³-hybridized carbons (Fsp3) is 0.435. The number of rotatable bonds is 9. The van der Waals surface area contributed by atoms with Crippen LogP contribution in [-0.4, -0.2) is 57.8 Å². The predicted molar refractivity (Wildman–Crippen MR) is 132 cm³/mol. The van der Waals surface area contributed by atoms with E-state index in [4.69, 9.17) is 27.9 Å². The van der Waals surface area contributed by atoms with Gasteiger partial charge in [-0.2, -0.15) is 0 Å². The first-order valence-electron chi connectivity index (χ1n) is 10.8. The number of anilines is 1. The van der Waals surface area contributed by atoms with Gasteiger partial charge in [-0.25, -0.2) is 8.42 Å². The molecule has 1 fully saturated rings. The number of nitrogens with zero attached hydrogens (tertiary/aromatic N) is 2. The monoisotopic (exact) mass is 513 g/mol. The standard InChI is InChI=1S/C23H29Cl2N3O4S/c1-3-22(28(33(2,30)31)21-13-19(24)12-20(25)14-21)23(29)26-15-17-4-6-18(7-5-17)16-27-8-10-32-11-9-27/h4-7,12-14,22H,3,8-11,15-16H2,1-2H3,(H,26,29)/t22-/m0/s1. The molecule has 0 radical (unpaired) electrons. The summed E-state index contributed by atoms with van der Waals surface area (Å²) in [4.78, 5) is 15.3. The number of hydrogen-bond donors (Lipinski definition) is 1. The van der Waals surface area contributed by atoms with Crippen molar-refractivity contribution in [2.24, 2.45) is 0 Å². The molecule has 3 rings (SSSR count). The van der Waals surface area contributed by atoms with Crippen LogP contribution < -0.4 is 9.62 Å². The molecule has 33 heavy (non-hydrogen) atoms. The molecule has 180 valence electrons. The van der Waals surface area contributed by atoms with Crippen LogP contribution in [-0.2, 0) is 32.6 Å². The Morgan fingerprint density at radius 2 is 1.67 bits per heavy atom. The molecule has 1 N–H and O–H groups in total. The lowest BCUT2D eigenvalue weighted by Crippen LogP contribution is -2.49. The van der Waals surface area contributed by atoms with Crippen molar-refractivity contribution < 1.29 is 17.9 Å². The first kappa shape index (κ1) is 25.8. The zero-order valence-electron chi connectivity index (χ0n) is 18.8. The normalized spacial score (nSPS) is 15.8. The molecule has 1 aliphatic heterocycles. The summed E-state index contributed by atoms with van der Waals surface area (Å²) in [5, 5.41) is 3.45. The number of carbonyl (C=O) groups is 1. The maximum absolute atomic E-state index is 13.0. The first-order valence-corrected chi connectivity index (χ1v) is 13.4. The second-order valence-corrected chi connectivity index (χ2v) is 10.8. The Morgan fingerprint density at radius 3 is 2.21 bits per heavy atom. The topological polar surface area (TPSA) is 79.0 Å². The number of ether oxygens (including phenoxy) is 1. The molecule has 2 aromatic rings. The molecule has 1 atom stereocenters. The van der Waals surface area contributed by atoms with E-state index < -0.39 is 22.0 Å². The molecule has 0 aliphatic carbocycles. The lowest BCUT2D eigenvalue weighted by molar-refractivity contribution is -0.122. The third-order valence-electron chi connectivity index (χ3n) is 5.43. The highest BCUT2D eigenvalue weighted by Crippen LogP contribution is 2.29. The Labute approximate surface area is 205 Å². The van der Waals surface area contributed by atoms with Crippen LogP contribution in [0.1, 0.15) is 24.5 Å². The number of halogens is 2. The van der Waals surface area contributed by atoms with Crippen molar-refractivity contribution in [1.29, 1.82) is 0 Å². The number of nitrogens with one attached hydrogen (secondary N) is 1. The van der Waals surface area contributed by atoms with E-state index >= 15 is 0 Å². The Balaban J connectivity index is 1.67. The molecule has 1 heterocycles. The Hall–Kier alpha value is -1.84. The van der Waals surface area contributed by atoms with Crippen LogP contribution in [0.5, 0.6) is 0 Å². The van der Waals surface area contributed by atoms with E-state index in [1.165, 1.54) is 23.8 Å². The molecule has 0 unspecified atom stereocenters. The average Bonchev–Trinajstić information content (AvgIpc) is 2.75. The highest BCUT2D eigenvalue weighted by molar-refractivity contribution is 7.92. The smallest absolute Gasteiger partial charge is 0.244 e. The lowest BCUT2D eigenvalue weighted by atomic mass is 10.1. The van der Waals surface area contributed by atoms with Crippen LogP contribution in [0.4, 0.5) is 5.69 Å². The van der Waals surface area contributed by atoms with Crippen molar-refractivity contribution in [3.8, 4) is 0 Å². The minimum Gasteiger partial charge on any atom is -0.379 e. The van der Waals surface area contributed by atoms with Crippen molar-refractivity contribution in [1.82, 2.24) is 10.2 Å². The summed E-state index contributed by atoms with van der Waals surface area (Å²) < 4.78 is 31.6. The van der Waals surface area contributed by atoms with E-state index in [1.54, 1.807) is 6.92 Å². The van der Waals surface area contributed by atoms with E-state index in [2.05, 4.69) is 10.2 Å². The van der Waals surface area contributed by atoms with Gasteiger partial charge in [-0.3, -0.25) is 14.0 Å². The van der Waals surface area contributed by atoms with Crippen LogP contribution in [0.2, 0.25) is 10.0 Å². The van der Waals surface area contributed by atoms with Gasteiger partial charge in [-0.15, -0.1) is 0 Å². The molecule has 0 spiro atoms. The number of hydrogen-bond acceptors (Lipinski definition) is 5. The maximum Gasteiger partial charge on any atom is 0.244 e. The second kappa shape index (κ2) is 11.5. The summed E-state index contributed by atoms with van der Waals surface area (Å²) in [7, 11) is -3.77. The third kappa shape index (κ3) is 7.32. The molecule has 1 aliphatic rings. The molecule has 1 amide bonds. The fourth-order valence-corrected chi connectivity index (χ4v) is 5.52. The van der Waals surface area contributed by atoms with Crippen LogP contribution in [0.15, 0.2) is 42.5 Å². The largest absolute Gasteiger partial charge is 0.379 e. The first-order chi connectivity index (χ1) is 15.7. The Bertz CT molecular complexity index is 1040. The molecule has 10 heteroatoms. The molecule has 1 saturated heterocycles. The maximum atomic E-state index is 13.0. The number of benzene rings is 2. The van der Waals surface area contributed by atoms with Crippen LogP contribution in [0, 0.1) is 0 Å². The lowest BCUT2D eigenvalue weighted by Gasteiger charge is -2.30. The van der Waals surface area contributed by atoms with Gasteiger partial charge >= 0.3 is 0 Å². The molecule has 0 saturated carbocycles. The minimum atomic E-state index is -3.77. The molecular formula is C23H29Cl2N3O4S. The van der Waals surface area contributed by atoms with Gasteiger partial charge in [-0.1, -0.05) is 54.4 Å². The van der Waals surface area contributed by atoms with E-state index in [-0.39, 0.29) is 12.1 Å². The summed E-state index contributed by atoms with van der Waals surface area (Å²) in [6.45, 7) is 6.27. The highest BCUT2D eigenvalue weighted by atomic mass is 35.5. The number of morpholine rings is 1. The zero-order valence-corrected chi connectivity index (χ0v) is 21.1. The van der Waals surface area contributed by atoms with Gasteiger partial charge in [0, 0.05) is 36.2 Å². The molecular weight excluding hydrogens is 485 g/mol. The summed E-state index contributed by atoms with van der Waals surface area (Å²) in [5.41, 5.74) is 2.38. The Kier molecular flexibility index (Phi) is 9.01. The second-order valence-electron chi connectivity index (χ2n) is 8.03. The summed E-state index contributed by atoms with van der Waals surface area (Å²) in [5.74, 6) is -0.392. The van der Waals surface area contributed by atoms with Gasteiger partial charge in [0.1, 0.15) is 6.04 Å². The third-order valence-corrected chi connectivity index (χ3v) is 7.05. The SMILES string of the molecule is CC[C@@H](C(=O)NCc1ccc(CN2CCOCC2)cc1)N(c1cc(Cl)cc(Cl)c1)S(C)(=O)=O. The van der Waals surface area contributed by atoms with Crippen molar-refractivity contribution in [3.63, 3.8) is 0 Å².